The molecule has 1 saturated heterocycles. The van der Waals surface area contributed by atoms with Gasteiger partial charge in [0.05, 0.1) is 12.1 Å². The first-order chi connectivity index (χ1) is 13.3. The van der Waals surface area contributed by atoms with Crippen molar-refractivity contribution in [1.29, 1.82) is 0 Å². The van der Waals surface area contributed by atoms with Crippen LogP contribution >= 0.6 is 23.4 Å². The fourth-order valence-corrected chi connectivity index (χ4v) is 4.51. The van der Waals surface area contributed by atoms with Crippen LogP contribution < -0.4 is 0 Å². The normalized spacial score (nSPS) is 19.3. The van der Waals surface area contributed by atoms with E-state index in [1.54, 1.807) is 23.9 Å². The lowest BCUT2D eigenvalue weighted by Gasteiger charge is -2.23. The number of carbonyl (C=O) groups excluding carboxylic acids is 1. The van der Waals surface area contributed by atoms with Crippen LogP contribution in [0, 0.1) is 5.92 Å². The van der Waals surface area contributed by atoms with Gasteiger partial charge < -0.3 is 15.1 Å². The summed E-state index contributed by atoms with van der Waals surface area (Å²) in [5.41, 5.74) is 0.968. The molecule has 0 aliphatic carbocycles. The Hall–Kier alpha value is -1.50. The van der Waals surface area contributed by atoms with Crippen LogP contribution in [0.1, 0.15) is 31.7 Å². The molecule has 2 unspecified atom stereocenters. The summed E-state index contributed by atoms with van der Waals surface area (Å²) in [6, 6.07) is 7.44. The van der Waals surface area contributed by atoms with Crippen molar-refractivity contribution in [2.45, 2.75) is 44.8 Å². The van der Waals surface area contributed by atoms with Gasteiger partial charge in [0, 0.05) is 36.6 Å². The smallest absolute Gasteiger partial charge is 0.303 e. The van der Waals surface area contributed by atoms with Gasteiger partial charge in [-0.05, 0) is 35.8 Å². The molecule has 0 bridgehead atoms. The number of rotatable bonds is 11. The second-order valence-electron chi connectivity index (χ2n) is 7.26. The third kappa shape index (κ3) is 7.86. The molecule has 154 valence electrons. The first kappa shape index (κ1) is 22.8. The first-order valence-corrected chi connectivity index (χ1v) is 11.1. The molecule has 5 nitrogen and oxygen atoms in total. The Kier molecular flexibility index (Phi) is 9.35. The van der Waals surface area contributed by atoms with Gasteiger partial charge in [-0.2, -0.15) is 11.8 Å². The molecule has 1 aliphatic heterocycles. The summed E-state index contributed by atoms with van der Waals surface area (Å²) in [4.78, 5) is 24.7. The van der Waals surface area contributed by atoms with Crippen LogP contribution in [0.5, 0.6) is 0 Å². The highest BCUT2D eigenvalue weighted by atomic mass is 35.5. The van der Waals surface area contributed by atoms with Gasteiger partial charge in [-0.15, -0.1) is 0 Å². The average molecular weight is 426 g/mol. The lowest BCUT2D eigenvalue weighted by Crippen LogP contribution is -2.34. The maximum absolute atomic E-state index is 12.2. The molecular weight excluding hydrogens is 398 g/mol. The van der Waals surface area contributed by atoms with Crippen molar-refractivity contribution >= 4 is 35.2 Å². The number of aliphatic hydroxyl groups is 1. The summed E-state index contributed by atoms with van der Waals surface area (Å²) >= 11 is 7.65. The summed E-state index contributed by atoms with van der Waals surface area (Å²) in [5.74, 6) is 1.04. The zero-order valence-corrected chi connectivity index (χ0v) is 17.7. The Labute approximate surface area is 175 Å². The molecule has 1 aromatic rings. The molecule has 1 heterocycles. The number of carbonyl (C=O) groups is 2. The van der Waals surface area contributed by atoms with E-state index in [4.69, 9.17) is 16.7 Å². The largest absolute Gasteiger partial charge is 0.481 e. The van der Waals surface area contributed by atoms with Gasteiger partial charge in [0.15, 0.2) is 0 Å². The topological polar surface area (TPSA) is 77.8 Å². The number of likely N-dealkylation sites (tertiary alicyclic amines) is 1. The van der Waals surface area contributed by atoms with Crippen LogP contribution in [-0.2, 0) is 16.0 Å². The molecule has 3 atom stereocenters. The van der Waals surface area contributed by atoms with Gasteiger partial charge in [0.2, 0.25) is 5.91 Å². The Morgan fingerprint density at radius 2 is 2.25 bits per heavy atom. The van der Waals surface area contributed by atoms with Crippen molar-refractivity contribution in [2.24, 2.45) is 5.92 Å². The number of benzene rings is 1. The Morgan fingerprint density at radius 3 is 2.96 bits per heavy atom. The zero-order chi connectivity index (χ0) is 20.5. The monoisotopic (exact) mass is 425 g/mol. The molecule has 1 aliphatic rings. The van der Waals surface area contributed by atoms with E-state index in [0.717, 1.165) is 23.5 Å². The molecular formula is C21H28ClNO4S. The summed E-state index contributed by atoms with van der Waals surface area (Å²) in [5, 5.41) is 19.7. The van der Waals surface area contributed by atoms with Crippen LogP contribution in [-0.4, -0.2) is 57.2 Å². The zero-order valence-electron chi connectivity index (χ0n) is 16.1. The van der Waals surface area contributed by atoms with Gasteiger partial charge >= 0.3 is 5.97 Å². The summed E-state index contributed by atoms with van der Waals surface area (Å²) in [7, 11) is 0. The highest BCUT2D eigenvalue weighted by Crippen LogP contribution is 2.22. The first-order valence-electron chi connectivity index (χ1n) is 9.55. The maximum Gasteiger partial charge on any atom is 0.303 e. The van der Waals surface area contributed by atoms with E-state index in [9.17, 15) is 14.7 Å². The van der Waals surface area contributed by atoms with Gasteiger partial charge in [-0.3, -0.25) is 9.59 Å². The fourth-order valence-electron chi connectivity index (χ4n) is 3.28. The number of nitrogens with zero attached hydrogens (tertiary/aromatic N) is 1. The number of carboxylic acids is 1. The number of amides is 1. The summed E-state index contributed by atoms with van der Waals surface area (Å²) in [6.45, 7) is 2.57. The van der Waals surface area contributed by atoms with Crippen molar-refractivity contribution in [2.75, 3.05) is 18.1 Å². The van der Waals surface area contributed by atoms with E-state index in [-0.39, 0.29) is 24.3 Å². The summed E-state index contributed by atoms with van der Waals surface area (Å²) < 4.78 is 0. The van der Waals surface area contributed by atoms with Crippen molar-refractivity contribution in [3.8, 4) is 0 Å². The van der Waals surface area contributed by atoms with Crippen molar-refractivity contribution in [3.05, 3.63) is 47.0 Å². The Morgan fingerprint density at radius 1 is 1.46 bits per heavy atom. The predicted molar refractivity (Wildman–Crippen MR) is 114 cm³/mol. The molecule has 1 amide bonds. The molecule has 2 N–H and O–H groups in total. The maximum atomic E-state index is 12.2. The molecule has 0 aromatic heterocycles. The van der Waals surface area contributed by atoms with E-state index in [0.29, 0.717) is 24.4 Å². The average Bonchev–Trinajstić information content (AvgIpc) is 2.96. The van der Waals surface area contributed by atoms with Crippen LogP contribution in [0.15, 0.2) is 36.4 Å². The van der Waals surface area contributed by atoms with Gasteiger partial charge in [0.1, 0.15) is 0 Å². The predicted octanol–water partition coefficient (Wildman–Crippen LogP) is 3.63. The Balaban J connectivity index is 1.79. The van der Waals surface area contributed by atoms with Crippen LogP contribution in [0.25, 0.3) is 0 Å². The van der Waals surface area contributed by atoms with Crippen LogP contribution in [0.4, 0.5) is 0 Å². The Bertz CT molecular complexity index is 697. The molecule has 0 saturated carbocycles. The highest BCUT2D eigenvalue weighted by Gasteiger charge is 2.28. The molecule has 1 fully saturated rings. The number of carboxylic acid groups (broad SMARTS) is 1. The van der Waals surface area contributed by atoms with Gasteiger partial charge in [-0.25, -0.2) is 0 Å². The van der Waals surface area contributed by atoms with Crippen molar-refractivity contribution < 1.29 is 19.8 Å². The number of hydrogen-bond donors (Lipinski definition) is 2. The van der Waals surface area contributed by atoms with Gasteiger partial charge in [0.25, 0.3) is 0 Å². The minimum Gasteiger partial charge on any atom is -0.481 e. The molecule has 1 aromatic carbocycles. The third-order valence-corrected chi connectivity index (χ3v) is 6.18. The fraction of sp³-hybridized carbons (Fsp3) is 0.524. The van der Waals surface area contributed by atoms with Crippen molar-refractivity contribution in [3.63, 3.8) is 0 Å². The number of thioether (sulfide) groups is 1. The lowest BCUT2D eigenvalue weighted by molar-refractivity contribution is -0.137. The third-order valence-electron chi connectivity index (χ3n) is 4.67. The van der Waals surface area contributed by atoms with Crippen LogP contribution in [0.2, 0.25) is 5.02 Å². The van der Waals surface area contributed by atoms with E-state index < -0.39 is 12.1 Å². The SMILES string of the molecule is CC(CSCCN1C(=O)CCC1/C=C/[C@@H](O)Cc1cccc(Cl)c1)CC(=O)O. The molecule has 0 radical (unpaired) electrons. The lowest BCUT2D eigenvalue weighted by atomic mass is 10.1. The van der Waals surface area contributed by atoms with E-state index in [2.05, 4.69) is 0 Å². The van der Waals surface area contributed by atoms with E-state index in [1.165, 1.54) is 0 Å². The number of hydrogen-bond acceptors (Lipinski definition) is 4. The minimum atomic E-state index is -0.774. The molecule has 2 rings (SSSR count). The van der Waals surface area contributed by atoms with E-state index >= 15 is 0 Å². The minimum absolute atomic E-state index is 0.0126. The second-order valence-corrected chi connectivity index (χ2v) is 8.84. The van der Waals surface area contributed by atoms with Crippen LogP contribution in [0.3, 0.4) is 0 Å². The van der Waals surface area contributed by atoms with Crippen molar-refractivity contribution in [1.82, 2.24) is 4.90 Å². The number of aliphatic carboxylic acids is 1. The standard InChI is InChI=1S/C21H28ClNO4S/c1-15(11-21(26)27)14-28-10-9-23-18(6-8-20(23)25)5-7-19(24)13-16-3-2-4-17(22)12-16/h2-5,7,12,15,18-19,24H,6,8-11,13-14H2,1H3,(H,26,27)/b7-5+/t15?,18?,19-/m1/s1. The van der Waals surface area contributed by atoms with Gasteiger partial charge in [-0.1, -0.05) is 42.8 Å². The molecule has 28 heavy (non-hydrogen) atoms. The highest BCUT2D eigenvalue weighted by molar-refractivity contribution is 7.99. The second kappa shape index (κ2) is 11.5. The molecule has 7 heteroatoms. The molecule has 0 spiro atoms. The summed E-state index contributed by atoms with van der Waals surface area (Å²) in [6.07, 6.45) is 5.01. The quantitative estimate of drug-likeness (QED) is 0.418. The number of halogens is 1. The number of aliphatic hydroxyl groups excluding tert-OH is 1. The van der Waals surface area contributed by atoms with E-state index in [1.807, 2.05) is 36.1 Å².